The first-order valence-corrected chi connectivity index (χ1v) is 6.27. The molecule has 3 nitrogen and oxygen atoms in total. The van der Waals surface area contributed by atoms with E-state index in [4.69, 9.17) is 0 Å². The summed E-state index contributed by atoms with van der Waals surface area (Å²) in [7, 11) is 0. The van der Waals surface area contributed by atoms with E-state index in [-0.39, 0.29) is 5.82 Å². The summed E-state index contributed by atoms with van der Waals surface area (Å²) in [5, 5.41) is 7.75. The van der Waals surface area contributed by atoms with Gasteiger partial charge in [0.1, 0.15) is 5.82 Å². The molecular formula is C14H16FN3. The lowest BCUT2D eigenvalue weighted by molar-refractivity contribution is 0.625. The lowest BCUT2D eigenvalue weighted by Gasteiger charge is -2.09. The first-order chi connectivity index (χ1) is 8.75. The normalized spacial score (nSPS) is 19.3. The summed E-state index contributed by atoms with van der Waals surface area (Å²) in [5.74, 6) is 0.304. The van der Waals surface area contributed by atoms with Crippen LogP contribution in [0.15, 0.2) is 30.5 Å². The summed E-state index contributed by atoms with van der Waals surface area (Å²) in [4.78, 5) is 0. The van der Waals surface area contributed by atoms with Crippen LogP contribution in [0.4, 0.5) is 4.39 Å². The van der Waals surface area contributed by atoms with Gasteiger partial charge in [0, 0.05) is 18.2 Å². The van der Waals surface area contributed by atoms with Crippen LogP contribution >= 0.6 is 0 Å². The van der Waals surface area contributed by atoms with Crippen molar-refractivity contribution >= 4 is 0 Å². The van der Waals surface area contributed by atoms with Gasteiger partial charge in [-0.1, -0.05) is 6.07 Å². The molecule has 1 aliphatic heterocycles. The van der Waals surface area contributed by atoms with Crippen LogP contribution < -0.4 is 5.32 Å². The van der Waals surface area contributed by atoms with Gasteiger partial charge in [-0.3, -0.25) is 0 Å². The molecule has 1 aromatic carbocycles. The molecule has 1 aliphatic rings. The van der Waals surface area contributed by atoms with Crippen LogP contribution in [-0.4, -0.2) is 22.9 Å². The smallest absolute Gasteiger partial charge is 0.125 e. The summed E-state index contributed by atoms with van der Waals surface area (Å²) in [6, 6.07) is 6.54. The van der Waals surface area contributed by atoms with Gasteiger partial charge in [-0.15, -0.1) is 0 Å². The zero-order chi connectivity index (χ0) is 12.5. The largest absolute Gasteiger partial charge is 0.316 e. The van der Waals surface area contributed by atoms with Crippen LogP contribution in [0, 0.1) is 12.7 Å². The summed E-state index contributed by atoms with van der Waals surface area (Å²) in [6.07, 6.45) is 3.06. The van der Waals surface area contributed by atoms with Crippen molar-refractivity contribution in [3.63, 3.8) is 0 Å². The average molecular weight is 245 g/mol. The molecule has 1 unspecified atom stereocenters. The van der Waals surface area contributed by atoms with Crippen LogP contribution in [0.1, 0.15) is 23.6 Å². The average Bonchev–Trinajstić information content (AvgIpc) is 2.97. The molecule has 0 amide bonds. The van der Waals surface area contributed by atoms with Gasteiger partial charge in [-0.2, -0.15) is 5.10 Å². The van der Waals surface area contributed by atoms with Crippen molar-refractivity contribution < 1.29 is 4.39 Å². The molecule has 18 heavy (non-hydrogen) atoms. The Balaban J connectivity index is 1.98. The maximum Gasteiger partial charge on any atom is 0.125 e. The molecule has 0 saturated carbocycles. The molecule has 94 valence electrons. The van der Waals surface area contributed by atoms with Crippen molar-refractivity contribution in [2.75, 3.05) is 13.1 Å². The quantitative estimate of drug-likeness (QED) is 0.880. The molecule has 1 aromatic heterocycles. The van der Waals surface area contributed by atoms with Gasteiger partial charge in [0.25, 0.3) is 0 Å². The molecule has 1 saturated heterocycles. The van der Waals surface area contributed by atoms with Crippen LogP contribution in [-0.2, 0) is 0 Å². The predicted octanol–water partition coefficient (Wildman–Crippen LogP) is 2.40. The molecular weight excluding hydrogens is 229 g/mol. The fraction of sp³-hybridized carbons (Fsp3) is 0.357. The lowest BCUT2D eigenvalue weighted by Crippen LogP contribution is -2.08. The van der Waals surface area contributed by atoms with Gasteiger partial charge < -0.3 is 5.32 Å². The van der Waals surface area contributed by atoms with E-state index in [1.54, 1.807) is 6.07 Å². The highest BCUT2D eigenvalue weighted by Gasteiger charge is 2.21. The highest BCUT2D eigenvalue weighted by Crippen LogP contribution is 2.26. The van der Waals surface area contributed by atoms with Crippen molar-refractivity contribution in [1.82, 2.24) is 15.1 Å². The Bertz CT molecular complexity index is 556. The number of hydrogen-bond donors (Lipinski definition) is 1. The minimum atomic E-state index is -0.230. The highest BCUT2D eigenvalue weighted by molar-refractivity contribution is 5.36. The standard InChI is InChI=1S/C14H16FN3/c1-10-14(11-5-6-16-8-11)9-17-18(10)13-4-2-3-12(15)7-13/h2-4,7,9,11,16H,5-6,8H2,1H3. The molecule has 1 fully saturated rings. The van der Waals surface area contributed by atoms with Crippen LogP contribution in [0.2, 0.25) is 0 Å². The van der Waals surface area contributed by atoms with E-state index in [0.717, 1.165) is 30.9 Å². The van der Waals surface area contributed by atoms with Gasteiger partial charge in [-0.25, -0.2) is 9.07 Å². The molecule has 4 heteroatoms. The Kier molecular flexibility index (Phi) is 2.88. The number of nitrogens with one attached hydrogen (secondary N) is 1. The van der Waals surface area contributed by atoms with Crippen LogP contribution in [0.3, 0.4) is 0 Å². The Morgan fingerprint density at radius 1 is 1.44 bits per heavy atom. The molecule has 0 bridgehead atoms. The number of halogens is 1. The number of benzene rings is 1. The molecule has 0 aliphatic carbocycles. The lowest BCUT2D eigenvalue weighted by atomic mass is 9.99. The second-order valence-electron chi connectivity index (χ2n) is 4.77. The first kappa shape index (κ1) is 11.4. The zero-order valence-electron chi connectivity index (χ0n) is 10.4. The summed E-state index contributed by atoms with van der Waals surface area (Å²) in [5.41, 5.74) is 3.16. The maximum absolute atomic E-state index is 13.2. The number of rotatable bonds is 2. The van der Waals surface area contributed by atoms with E-state index in [9.17, 15) is 4.39 Å². The number of hydrogen-bond acceptors (Lipinski definition) is 2. The molecule has 0 spiro atoms. The minimum absolute atomic E-state index is 0.230. The highest BCUT2D eigenvalue weighted by atomic mass is 19.1. The fourth-order valence-corrected chi connectivity index (χ4v) is 2.61. The van der Waals surface area contributed by atoms with Gasteiger partial charge in [-0.05, 0) is 43.7 Å². The maximum atomic E-state index is 13.2. The van der Waals surface area contributed by atoms with Gasteiger partial charge >= 0.3 is 0 Å². The Hall–Kier alpha value is -1.68. The van der Waals surface area contributed by atoms with E-state index in [1.807, 2.05) is 23.9 Å². The van der Waals surface area contributed by atoms with Gasteiger partial charge in [0.15, 0.2) is 0 Å². The molecule has 0 radical (unpaired) electrons. The third-order valence-electron chi connectivity index (χ3n) is 3.60. The molecule has 1 atom stereocenters. The third-order valence-corrected chi connectivity index (χ3v) is 3.60. The van der Waals surface area contributed by atoms with E-state index in [1.165, 1.54) is 17.7 Å². The van der Waals surface area contributed by atoms with E-state index >= 15 is 0 Å². The second kappa shape index (κ2) is 4.53. The Labute approximate surface area is 106 Å². The second-order valence-corrected chi connectivity index (χ2v) is 4.77. The molecule has 3 rings (SSSR count). The first-order valence-electron chi connectivity index (χ1n) is 6.27. The van der Waals surface area contributed by atoms with Crippen molar-refractivity contribution in [2.24, 2.45) is 0 Å². The van der Waals surface area contributed by atoms with Crippen molar-refractivity contribution in [2.45, 2.75) is 19.3 Å². The summed E-state index contributed by atoms with van der Waals surface area (Å²) in [6.45, 7) is 4.12. The molecule has 1 N–H and O–H groups in total. The number of nitrogens with zero attached hydrogens (tertiary/aromatic N) is 2. The summed E-state index contributed by atoms with van der Waals surface area (Å²) < 4.78 is 15.1. The fourth-order valence-electron chi connectivity index (χ4n) is 2.61. The SMILES string of the molecule is Cc1c(C2CCNC2)cnn1-c1cccc(F)c1. The van der Waals surface area contributed by atoms with Crippen molar-refractivity contribution in [3.05, 3.63) is 47.5 Å². The number of aromatic nitrogens is 2. The molecule has 2 aromatic rings. The minimum Gasteiger partial charge on any atom is -0.316 e. The van der Waals surface area contributed by atoms with E-state index in [2.05, 4.69) is 10.4 Å². The van der Waals surface area contributed by atoms with E-state index in [0.29, 0.717) is 5.92 Å². The predicted molar refractivity (Wildman–Crippen MR) is 68.5 cm³/mol. The van der Waals surface area contributed by atoms with E-state index < -0.39 is 0 Å². The topological polar surface area (TPSA) is 29.9 Å². The third kappa shape index (κ3) is 1.93. The summed E-state index contributed by atoms with van der Waals surface area (Å²) >= 11 is 0. The van der Waals surface area contributed by atoms with Crippen LogP contribution in [0.5, 0.6) is 0 Å². The Morgan fingerprint density at radius 2 is 2.33 bits per heavy atom. The van der Waals surface area contributed by atoms with Gasteiger partial charge in [0.05, 0.1) is 11.9 Å². The molecule has 2 heterocycles. The van der Waals surface area contributed by atoms with Crippen LogP contribution in [0.25, 0.3) is 5.69 Å². The Morgan fingerprint density at radius 3 is 3.06 bits per heavy atom. The zero-order valence-corrected chi connectivity index (χ0v) is 10.4. The van der Waals surface area contributed by atoms with Gasteiger partial charge in [0.2, 0.25) is 0 Å². The monoisotopic (exact) mass is 245 g/mol. The van der Waals surface area contributed by atoms with Crippen molar-refractivity contribution in [1.29, 1.82) is 0 Å². The van der Waals surface area contributed by atoms with Crippen molar-refractivity contribution in [3.8, 4) is 5.69 Å².